The molecular formula is C15H23BrN2OS. The predicted octanol–water partition coefficient (Wildman–Crippen LogP) is 4.02. The van der Waals surface area contributed by atoms with Crippen molar-refractivity contribution in [3.63, 3.8) is 0 Å². The van der Waals surface area contributed by atoms with Crippen LogP contribution in [0.25, 0.3) is 0 Å². The van der Waals surface area contributed by atoms with E-state index in [-0.39, 0.29) is 10.7 Å². The summed E-state index contributed by atoms with van der Waals surface area (Å²) in [7, 11) is 0. The van der Waals surface area contributed by atoms with Crippen LogP contribution in [0.15, 0.2) is 16.7 Å². The SMILES string of the molecule is CCCn1cc(Br)cc1C(=O)N1CCSC(C)(C)CC1. The molecule has 0 atom stereocenters. The fraction of sp³-hybridized carbons (Fsp3) is 0.667. The zero-order chi connectivity index (χ0) is 14.8. The highest BCUT2D eigenvalue weighted by molar-refractivity contribution is 9.10. The van der Waals surface area contributed by atoms with Crippen LogP contribution in [0.2, 0.25) is 0 Å². The summed E-state index contributed by atoms with van der Waals surface area (Å²) in [5, 5.41) is 0. The Morgan fingerprint density at radius 3 is 2.90 bits per heavy atom. The number of carbonyl (C=O) groups is 1. The topological polar surface area (TPSA) is 25.2 Å². The smallest absolute Gasteiger partial charge is 0.270 e. The Kier molecular flexibility index (Phi) is 5.24. The highest BCUT2D eigenvalue weighted by atomic mass is 79.9. The average molecular weight is 359 g/mol. The number of carbonyl (C=O) groups excluding carboxylic acids is 1. The maximum atomic E-state index is 12.7. The molecule has 1 saturated heterocycles. The predicted molar refractivity (Wildman–Crippen MR) is 89.5 cm³/mol. The molecule has 1 aromatic rings. The van der Waals surface area contributed by atoms with E-state index in [9.17, 15) is 4.79 Å². The molecule has 0 N–H and O–H groups in total. The van der Waals surface area contributed by atoms with E-state index < -0.39 is 0 Å². The lowest BCUT2D eigenvalue weighted by Crippen LogP contribution is -2.34. The van der Waals surface area contributed by atoms with Crippen molar-refractivity contribution in [3.8, 4) is 0 Å². The van der Waals surface area contributed by atoms with Crippen LogP contribution in [-0.2, 0) is 6.54 Å². The summed E-state index contributed by atoms with van der Waals surface area (Å²) in [6.07, 6.45) is 4.09. The molecule has 1 aliphatic heterocycles. The maximum Gasteiger partial charge on any atom is 0.270 e. The van der Waals surface area contributed by atoms with Crippen molar-refractivity contribution in [1.82, 2.24) is 9.47 Å². The van der Waals surface area contributed by atoms with Gasteiger partial charge in [-0.1, -0.05) is 20.8 Å². The molecule has 0 spiro atoms. The number of hydrogen-bond acceptors (Lipinski definition) is 2. The minimum absolute atomic E-state index is 0.169. The summed E-state index contributed by atoms with van der Waals surface area (Å²) in [5.41, 5.74) is 0.809. The van der Waals surface area contributed by atoms with E-state index in [1.165, 1.54) is 0 Å². The van der Waals surface area contributed by atoms with Gasteiger partial charge in [-0.25, -0.2) is 0 Å². The number of amides is 1. The van der Waals surface area contributed by atoms with Crippen LogP contribution in [0, 0.1) is 0 Å². The first-order valence-electron chi connectivity index (χ1n) is 7.22. The third kappa shape index (κ3) is 3.82. The Labute approximate surface area is 134 Å². The molecule has 112 valence electrons. The highest BCUT2D eigenvalue weighted by Crippen LogP contribution is 2.31. The second kappa shape index (κ2) is 6.56. The van der Waals surface area contributed by atoms with Gasteiger partial charge in [0.15, 0.2) is 0 Å². The Balaban J connectivity index is 2.14. The van der Waals surface area contributed by atoms with E-state index in [1.807, 2.05) is 28.9 Å². The fourth-order valence-corrected chi connectivity index (χ4v) is 4.03. The maximum absolute atomic E-state index is 12.7. The summed E-state index contributed by atoms with van der Waals surface area (Å²) in [5.74, 6) is 1.19. The van der Waals surface area contributed by atoms with Gasteiger partial charge < -0.3 is 9.47 Å². The van der Waals surface area contributed by atoms with Crippen molar-refractivity contribution in [1.29, 1.82) is 0 Å². The molecule has 1 amide bonds. The molecule has 0 radical (unpaired) electrons. The van der Waals surface area contributed by atoms with Crippen molar-refractivity contribution in [2.24, 2.45) is 0 Å². The lowest BCUT2D eigenvalue weighted by Gasteiger charge is -2.23. The number of aromatic nitrogens is 1. The van der Waals surface area contributed by atoms with Crippen LogP contribution in [0.3, 0.4) is 0 Å². The van der Waals surface area contributed by atoms with Gasteiger partial charge in [-0.3, -0.25) is 4.79 Å². The van der Waals surface area contributed by atoms with Crippen LogP contribution in [0.4, 0.5) is 0 Å². The third-order valence-electron chi connectivity index (χ3n) is 3.67. The van der Waals surface area contributed by atoms with E-state index in [1.54, 1.807) is 0 Å². The molecule has 0 saturated carbocycles. The van der Waals surface area contributed by atoms with Gasteiger partial charge in [0.2, 0.25) is 0 Å². The van der Waals surface area contributed by atoms with Crippen molar-refractivity contribution < 1.29 is 4.79 Å². The van der Waals surface area contributed by atoms with Crippen LogP contribution < -0.4 is 0 Å². The Bertz CT molecular complexity index is 484. The minimum Gasteiger partial charge on any atom is -0.342 e. The Morgan fingerprint density at radius 1 is 1.45 bits per heavy atom. The molecule has 1 aliphatic rings. The number of rotatable bonds is 3. The number of nitrogens with zero attached hydrogens (tertiary/aromatic N) is 2. The molecule has 2 heterocycles. The zero-order valence-corrected chi connectivity index (χ0v) is 14.9. The minimum atomic E-state index is 0.169. The summed E-state index contributed by atoms with van der Waals surface area (Å²) in [6.45, 7) is 9.26. The molecule has 3 nitrogen and oxygen atoms in total. The first kappa shape index (κ1) is 16.0. The van der Waals surface area contributed by atoms with Crippen molar-refractivity contribution in [2.75, 3.05) is 18.8 Å². The van der Waals surface area contributed by atoms with Crippen molar-refractivity contribution >= 4 is 33.6 Å². The van der Waals surface area contributed by atoms with Gasteiger partial charge in [0.25, 0.3) is 5.91 Å². The molecule has 0 aromatic carbocycles. The lowest BCUT2D eigenvalue weighted by molar-refractivity contribution is 0.0753. The van der Waals surface area contributed by atoms with Gasteiger partial charge in [0.05, 0.1) is 0 Å². The number of aryl methyl sites for hydroxylation is 1. The second-order valence-electron chi connectivity index (χ2n) is 5.89. The van der Waals surface area contributed by atoms with Gasteiger partial charge >= 0.3 is 0 Å². The Hall–Kier alpha value is -0.420. The molecule has 0 bridgehead atoms. The molecule has 1 fully saturated rings. The molecule has 5 heteroatoms. The molecular weight excluding hydrogens is 336 g/mol. The monoisotopic (exact) mass is 358 g/mol. The quantitative estimate of drug-likeness (QED) is 0.815. The van der Waals surface area contributed by atoms with E-state index in [4.69, 9.17) is 0 Å². The normalized spacial score (nSPS) is 18.9. The first-order chi connectivity index (χ1) is 9.43. The molecule has 0 aliphatic carbocycles. The first-order valence-corrected chi connectivity index (χ1v) is 9.00. The molecule has 2 rings (SSSR count). The van der Waals surface area contributed by atoms with Crippen LogP contribution in [0.1, 0.15) is 44.1 Å². The summed E-state index contributed by atoms with van der Waals surface area (Å²) in [4.78, 5) is 14.8. The average Bonchev–Trinajstić information content (AvgIpc) is 2.63. The van der Waals surface area contributed by atoms with Gasteiger partial charge in [-0.05, 0) is 34.8 Å². The standard InChI is InChI=1S/C15H23BrN2OS/c1-4-6-18-11-12(16)10-13(18)14(19)17-7-5-15(2,3)20-9-8-17/h10-11H,4-9H2,1-3H3. The second-order valence-corrected chi connectivity index (χ2v) is 8.61. The Morgan fingerprint density at radius 2 is 2.20 bits per heavy atom. The molecule has 0 unspecified atom stereocenters. The van der Waals surface area contributed by atoms with Gasteiger partial charge in [0, 0.05) is 40.8 Å². The summed E-state index contributed by atoms with van der Waals surface area (Å²) < 4.78 is 3.33. The lowest BCUT2D eigenvalue weighted by atomic mass is 10.1. The van der Waals surface area contributed by atoms with Crippen molar-refractivity contribution in [2.45, 2.75) is 44.9 Å². The van der Waals surface area contributed by atoms with Crippen LogP contribution in [-0.4, -0.2) is 39.0 Å². The largest absolute Gasteiger partial charge is 0.342 e. The highest BCUT2D eigenvalue weighted by Gasteiger charge is 2.27. The van der Waals surface area contributed by atoms with E-state index in [0.29, 0.717) is 0 Å². The third-order valence-corrected chi connectivity index (χ3v) is 5.48. The number of thioether (sulfide) groups is 1. The number of halogens is 1. The van der Waals surface area contributed by atoms with Crippen LogP contribution in [0.5, 0.6) is 0 Å². The van der Waals surface area contributed by atoms with E-state index in [2.05, 4.69) is 41.3 Å². The molecule has 1 aromatic heterocycles. The summed E-state index contributed by atoms with van der Waals surface area (Å²) in [6, 6.07) is 1.95. The van der Waals surface area contributed by atoms with E-state index in [0.717, 1.165) is 48.4 Å². The zero-order valence-electron chi connectivity index (χ0n) is 12.5. The van der Waals surface area contributed by atoms with Gasteiger partial charge in [-0.2, -0.15) is 11.8 Å². The van der Waals surface area contributed by atoms with Gasteiger partial charge in [-0.15, -0.1) is 0 Å². The molecule has 20 heavy (non-hydrogen) atoms. The fourth-order valence-electron chi connectivity index (χ4n) is 2.47. The number of hydrogen-bond donors (Lipinski definition) is 0. The van der Waals surface area contributed by atoms with Crippen molar-refractivity contribution in [3.05, 3.63) is 22.4 Å². The van der Waals surface area contributed by atoms with E-state index >= 15 is 0 Å². The summed E-state index contributed by atoms with van der Waals surface area (Å²) >= 11 is 5.45. The van der Waals surface area contributed by atoms with Gasteiger partial charge in [0.1, 0.15) is 5.69 Å². The van der Waals surface area contributed by atoms with Crippen LogP contribution >= 0.6 is 27.7 Å².